The fourth-order valence-corrected chi connectivity index (χ4v) is 4.39. The molecule has 0 saturated carbocycles. The number of quaternary nitrogens is 1. The molecule has 3 rings (SSSR count). The van der Waals surface area contributed by atoms with Crippen LogP contribution in [0.2, 0.25) is 0 Å². The largest absolute Gasteiger partial charge is 0.383 e. The Balaban J connectivity index is 2.16. The van der Waals surface area contributed by atoms with Crippen LogP contribution in [-0.4, -0.2) is 29.3 Å². The molecule has 0 saturated heterocycles. The molecule has 3 N–H and O–H groups in total. The molecule has 1 aliphatic heterocycles. The molecule has 0 amide bonds. The van der Waals surface area contributed by atoms with Crippen LogP contribution >= 0.6 is 23.1 Å². The van der Waals surface area contributed by atoms with Crippen molar-refractivity contribution in [3.63, 3.8) is 0 Å². The second-order valence-corrected chi connectivity index (χ2v) is 6.96. The zero-order valence-corrected chi connectivity index (χ0v) is 12.2. The summed E-state index contributed by atoms with van der Waals surface area (Å²) in [5.41, 5.74) is 7.52. The van der Waals surface area contributed by atoms with Crippen molar-refractivity contribution >= 4 is 39.1 Å². The predicted octanol–water partition coefficient (Wildman–Crippen LogP) is 0.956. The standard InChI is InChI=1S/C12H16N4S2/c1-3-17-12-14-10(13)9-7-4-5-16(2)6-8(7)18-11(9)15-12/h3-6H2,1-2H3,(H2,13,14,15)/p+1. The van der Waals surface area contributed by atoms with Crippen LogP contribution in [0.3, 0.4) is 0 Å². The van der Waals surface area contributed by atoms with Crippen molar-refractivity contribution in [3.05, 3.63) is 10.4 Å². The number of hydrogen-bond donors (Lipinski definition) is 2. The third-order valence-electron chi connectivity index (χ3n) is 3.28. The molecule has 2 aromatic heterocycles. The molecule has 1 unspecified atom stereocenters. The van der Waals surface area contributed by atoms with E-state index in [1.165, 1.54) is 17.0 Å². The second kappa shape index (κ2) is 4.68. The first kappa shape index (κ1) is 12.2. The van der Waals surface area contributed by atoms with Gasteiger partial charge in [0.05, 0.1) is 23.9 Å². The lowest BCUT2D eigenvalue weighted by Gasteiger charge is -2.19. The summed E-state index contributed by atoms with van der Waals surface area (Å²) in [6.07, 6.45) is 1.09. The van der Waals surface area contributed by atoms with Gasteiger partial charge in [-0.2, -0.15) is 0 Å². The van der Waals surface area contributed by atoms with Gasteiger partial charge in [0.15, 0.2) is 5.16 Å². The topological polar surface area (TPSA) is 56.2 Å². The lowest BCUT2D eigenvalue weighted by atomic mass is 10.1. The number of rotatable bonds is 2. The van der Waals surface area contributed by atoms with Gasteiger partial charge in [0.25, 0.3) is 0 Å². The van der Waals surface area contributed by atoms with E-state index in [2.05, 4.69) is 23.9 Å². The summed E-state index contributed by atoms with van der Waals surface area (Å²) < 4.78 is 0. The Bertz CT molecular complexity index is 593. The van der Waals surface area contributed by atoms with Gasteiger partial charge in [-0.1, -0.05) is 18.7 Å². The van der Waals surface area contributed by atoms with Gasteiger partial charge in [0.1, 0.15) is 17.2 Å². The molecule has 0 bridgehead atoms. The first-order valence-electron chi connectivity index (χ1n) is 6.21. The third-order valence-corrected chi connectivity index (χ3v) is 5.13. The van der Waals surface area contributed by atoms with E-state index in [4.69, 9.17) is 5.73 Å². The minimum Gasteiger partial charge on any atom is -0.383 e. The molecule has 6 heteroatoms. The first-order chi connectivity index (χ1) is 8.69. The molecular weight excluding hydrogens is 264 g/mol. The highest BCUT2D eigenvalue weighted by atomic mass is 32.2. The molecule has 4 nitrogen and oxygen atoms in total. The molecule has 96 valence electrons. The van der Waals surface area contributed by atoms with E-state index in [0.29, 0.717) is 5.82 Å². The predicted molar refractivity (Wildman–Crippen MR) is 77.4 cm³/mol. The summed E-state index contributed by atoms with van der Waals surface area (Å²) in [5, 5.41) is 1.92. The summed E-state index contributed by atoms with van der Waals surface area (Å²) in [6, 6.07) is 0. The normalized spacial score (nSPS) is 19.1. The van der Waals surface area contributed by atoms with E-state index >= 15 is 0 Å². The van der Waals surface area contributed by atoms with Gasteiger partial charge in [-0.15, -0.1) is 11.3 Å². The lowest BCUT2D eigenvalue weighted by Crippen LogP contribution is -3.08. The van der Waals surface area contributed by atoms with Crippen LogP contribution in [0.4, 0.5) is 5.82 Å². The molecule has 1 aliphatic rings. The number of aromatic nitrogens is 2. The van der Waals surface area contributed by atoms with Crippen molar-refractivity contribution < 1.29 is 4.90 Å². The second-order valence-electron chi connectivity index (χ2n) is 4.64. The van der Waals surface area contributed by atoms with Gasteiger partial charge in [-0.05, 0) is 11.3 Å². The van der Waals surface area contributed by atoms with Crippen LogP contribution < -0.4 is 10.6 Å². The van der Waals surface area contributed by atoms with Crippen LogP contribution in [0.1, 0.15) is 17.4 Å². The molecule has 2 aromatic rings. The fraction of sp³-hybridized carbons (Fsp3) is 0.500. The number of anilines is 1. The number of nitrogens with zero attached hydrogens (tertiary/aromatic N) is 2. The molecule has 3 heterocycles. The Labute approximate surface area is 115 Å². The van der Waals surface area contributed by atoms with E-state index in [9.17, 15) is 0 Å². The van der Waals surface area contributed by atoms with E-state index in [-0.39, 0.29) is 0 Å². The van der Waals surface area contributed by atoms with E-state index in [1.54, 1.807) is 28.0 Å². The highest BCUT2D eigenvalue weighted by Crippen LogP contribution is 2.35. The van der Waals surface area contributed by atoms with Crippen molar-refractivity contribution in [2.24, 2.45) is 0 Å². The van der Waals surface area contributed by atoms with Crippen molar-refractivity contribution in [1.29, 1.82) is 0 Å². The summed E-state index contributed by atoms with van der Waals surface area (Å²) in [6.45, 7) is 4.36. The average molecular weight is 281 g/mol. The van der Waals surface area contributed by atoms with Gasteiger partial charge in [0.2, 0.25) is 0 Å². The molecule has 1 atom stereocenters. The van der Waals surface area contributed by atoms with E-state index in [0.717, 1.165) is 34.1 Å². The molecular formula is C12H17N4S2+. The fourth-order valence-electron chi connectivity index (χ4n) is 2.41. The van der Waals surface area contributed by atoms with Gasteiger partial charge in [0, 0.05) is 6.42 Å². The molecule has 0 radical (unpaired) electrons. The summed E-state index contributed by atoms with van der Waals surface area (Å²) >= 11 is 3.44. The SMILES string of the molecule is CCSc1nc(N)c2c3c(sc2n1)C[NH+](C)CC3. The quantitative estimate of drug-likeness (QED) is 0.636. The molecule has 0 fully saturated rings. The average Bonchev–Trinajstić information content (AvgIpc) is 2.66. The monoisotopic (exact) mass is 281 g/mol. The minimum absolute atomic E-state index is 0.660. The number of thiophene rings is 1. The molecule has 0 aromatic carbocycles. The number of nitrogen functional groups attached to an aromatic ring is 1. The maximum atomic E-state index is 6.13. The van der Waals surface area contributed by atoms with E-state index in [1.807, 2.05) is 0 Å². The number of likely N-dealkylation sites (N-methyl/N-ethyl adjacent to an activating group) is 1. The summed E-state index contributed by atoms with van der Waals surface area (Å²) in [7, 11) is 2.24. The highest BCUT2D eigenvalue weighted by Gasteiger charge is 2.24. The van der Waals surface area contributed by atoms with Crippen molar-refractivity contribution in [2.75, 3.05) is 25.1 Å². The van der Waals surface area contributed by atoms with Gasteiger partial charge < -0.3 is 10.6 Å². The molecule has 18 heavy (non-hydrogen) atoms. The number of nitrogens with one attached hydrogen (secondary N) is 1. The minimum atomic E-state index is 0.660. The third kappa shape index (κ3) is 1.98. The van der Waals surface area contributed by atoms with E-state index < -0.39 is 0 Å². The van der Waals surface area contributed by atoms with Gasteiger partial charge in [-0.25, -0.2) is 9.97 Å². The number of nitrogens with two attached hydrogens (primary N) is 1. The number of hydrogen-bond acceptors (Lipinski definition) is 5. The summed E-state index contributed by atoms with van der Waals surface area (Å²) in [4.78, 5) is 13.1. The van der Waals surface area contributed by atoms with Crippen molar-refractivity contribution in [1.82, 2.24) is 9.97 Å². The van der Waals surface area contributed by atoms with Gasteiger partial charge >= 0.3 is 0 Å². The Morgan fingerprint density at radius 1 is 1.44 bits per heavy atom. The van der Waals surface area contributed by atoms with Crippen molar-refractivity contribution in [2.45, 2.75) is 25.0 Å². The van der Waals surface area contributed by atoms with Crippen LogP contribution in [0.25, 0.3) is 10.2 Å². The van der Waals surface area contributed by atoms with Crippen LogP contribution in [0.5, 0.6) is 0 Å². The Hall–Kier alpha value is -0.850. The number of fused-ring (bicyclic) bond motifs is 3. The first-order valence-corrected chi connectivity index (χ1v) is 8.01. The zero-order chi connectivity index (χ0) is 12.7. The smallest absolute Gasteiger partial charge is 0.190 e. The lowest BCUT2D eigenvalue weighted by molar-refractivity contribution is -0.895. The molecule has 0 aliphatic carbocycles. The maximum Gasteiger partial charge on any atom is 0.190 e. The van der Waals surface area contributed by atoms with Crippen LogP contribution in [-0.2, 0) is 13.0 Å². The number of thioether (sulfide) groups is 1. The van der Waals surface area contributed by atoms with Crippen molar-refractivity contribution in [3.8, 4) is 0 Å². The summed E-state index contributed by atoms with van der Waals surface area (Å²) in [5.74, 6) is 1.64. The van der Waals surface area contributed by atoms with Gasteiger partial charge in [-0.3, -0.25) is 0 Å². The molecule has 0 spiro atoms. The van der Waals surface area contributed by atoms with Crippen LogP contribution in [0, 0.1) is 0 Å². The maximum absolute atomic E-state index is 6.13. The Morgan fingerprint density at radius 2 is 2.28 bits per heavy atom. The highest BCUT2D eigenvalue weighted by molar-refractivity contribution is 7.99. The Kier molecular flexibility index (Phi) is 3.17. The zero-order valence-electron chi connectivity index (χ0n) is 10.6. The Morgan fingerprint density at radius 3 is 3.06 bits per heavy atom. The van der Waals surface area contributed by atoms with Crippen LogP contribution in [0.15, 0.2) is 5.16 Å².